The largest absolute Gasteiger partial charge is 0.463 e. The SMILES string of the molecule is CCOC(=O)C=Cc1ccc(-c2ccc3nc(-c4ccc(C)c(NC(=O)C(C)(C)C)c4)cn3n2)cc1. The summed E-state index contributed by atoms with van der Waals surface area (Å²) in [4.78, 5) is 28.7. The molecule has 0 atom stereocenters. The van der Waals surface area contributed by atoms with Gasteiger partial charge in [-0.1, -0.05) is 57.2 Å². The Kier molecular flexibility index (Phi) is 7.01. The van der Waals surface area contributed by atoms with Gasteiger partial charge < -0.3 is 10.1 Å². The maximum Gasteiger partial charge on any atom is 0.330 e. The van der Waals surface area contributed by atoms with Gasteiger partial charge in [0.25, 0.3) is 0 Å². The van der Waals surface area contributed by atoms with Crippen LogP contribution in [-0.4, -0.2) is 33.1 Å². The number of benzene rings is 2. The van der Waals surface area contributed by atoms with Gasteiger partial charge in [0.2, 0.25) is 5.91 Å². The summed E-state index contributed by atoms with van der Waals surface area (Å²) in [6.45, 7) is 9.77. The highest BCUT2D eigenvalue weighted by Gasteiger charge is 2.22. The molecule has 4 rings (SSSR count). The van der Waals surface area contributed by atoms with E-state index in [1.54, 1.807) is 17.5 Å². The summed E-state index contributed by atoms with van der Waals surface area (Å²) in [6, 6.07) is 17.6. The summed E-state index contributed by atoms with van der Waals surface area (Å²) < 4.78 is 6.67. The fourth-order valence-corrected chi connectivity index (χ4v) is 3.52. The summed E-state index contributed by atoms with van der Waals surface area (Å²) in [6.07, 6.45) is 5.02. The van der Waals surface area contributed by atoms with Gasteiger partial charge >= 0.3 is 5.97 Å². The Morgan fingerprint density at radius 2 is 1.72 bits per heavy atom. The van der Waals surface area contributed by atoms with Crippen LogP contribution >= 0.6 is 0 Å². The molecule has 7 nitrogen and oxygen atoms in total. The Bertz CT molecular complexity index is 1440. The van der Waals surface area contributed by atoms with E-state index < -0.39 is 5.41 Å². The van der Waals surface area contributed by atoms with Gasteiger partial charge in [0.15, 0.2) is 5.65 Å². The number of carbonyl (C=O) groups excluding carboxylic acids is 2. The van der Waals surface area contributed by atoms with Gasteiger partial charge in [0.1, 0.15) is 0 Å². The molecule has 0 radical (unpaired) electrons. The second kappa shape index (κ2) is 10.2. The van der Waals surface area contributed by atoms with Gasteiger partial charge in [0, 0.05) is 28.3 Å². The molecule has 0 saturated heterocycles. The van der Waals surface area contributed by atoms with Crippen molar-refractivity contribution in [3.63, 3.8) is 0 Å². The molecule has 4 aromatic rings. The molecule has 0 aliphatic heterocycles. The van der Waals surface area contributed by atoms with E-state index in [9.17, 15) is 9.59 Å². The maximum absolute atomic E-state index is 12.5. The predicted octanol–water partition coefficient (Wildman–Crippen LogP) is 5.93. The standard InChI is InChI=1S/C29H30N4O3/c1-6-36-27(34)16-10-20-8-12-21(13-9-20)23-14-15-26-30-25(18-33(26)32-23)22-11-7-19(2)24(17-22)31-28(35)29(3,4)5/h7-18H,6H2,1-5H3,(H,31,35). The average Bonchev–Trinajstić information content (AvgIpc) is 3.27. The van der Waals surface area contributed by atoms with Crippen molar-refractivity contribution < 1.29 is 14.3 Å². The number of esters is 1. The van der Waals surface area contributed by atoms with Crippen LogP contribution in [0.1, 0.15) is 38.8 Å². The smallest absolute Gasteiger partial charge is 0.330 e. The van der Waals surface area contributed by atoms with Gasteiger partial charge in [-0.15, -0.1) is 0 Å². The Labute approximate surface area is 210 Å². The lowest BCUT2D eigenvalue weighted by Gasteiger charge is -2.19. The number of amides is 1. The number of hydrogen-bond acceptors (Lipinski definition) is 5. The molecule has 2 aromatic carbocycles. The van der Waals surface area contributed by atoms with Crippen LogP contribution in [0.3, 0.4) is 0 Å². The van der Waals surface area contributed by atoms with E-state index in [1.165, 1.54) is 6.08 Å². The van der Waals surface area contributed by atoms with E-state index >= 15 is 0 Å². The quantitative estimate of drug-likeness (QED) is 0.272. The number of ether oxygens (including phenoxy) is 1. The van der Waals surface area contributed by atoms with Gasteiger partial charge in [-0.2, -0.15) is 5.10 Å². The third-order valence-corrected chi connectivity index (χ3v) is 5.69. The first-order chi connectivity index (χ1) is 17.1. The molecular formula is C29H30N4O3. The van der Waals surface area contributed by atoms with Crippen molar-refractivity contribution in [2.24, 2.45) is 5.41 Å². The number of anilines is 1. The van der Waals surface area contributed by atoms with E-state index in [0.717, 1.165) is 45.0 Å². The number of imidazole rings is 1. The van der Waals surface area contributed by atoms with Gasteiger partial charge in [-0.25, -0.2) is 14.3 Å². The molecule has 1 amide bonds. The van der Waals surface area contributed by atoms with Crippen molar-refractivity contribution in [1.82, 2.24) is 14.6 Å². The highest BCUT2D eigenvalue weighted by Crippen LogP contribution is 2.27. The highest BCUT2D eigenvalue weighted by atomic mass is 16.5. The van der Waals surface area contributed by atoms with E-state index in [0.29, 0.717) is 6.61 Å². The molecule has 0 aliphatic rings. The van der Waals surface area contributed by atoms with Gasteiger partial charge in [-0.3, -0.25) is 4.79 Å². The summed E-state index contributed by atoms with van der Waals surface area (Å²) >= 11 is 0. The van der Waals surface area contributed by atoms with Crippen LogP contribution in [0.4, 0.5) is 5.69 Å². The zero-order valence-corrected chi connectivity index (χ0v) is 21.2. The Balaban J connectivity index is 1.57. The molecule has 0 aliphatic carbocycles. The Morgan fingerprint density at radius 3 is 2.42 bits per heavy atom. The molecule has 36 heavy (non-hydrogen) atoms. The number of rotatable bonds is 6. The Hall–Kier alpha value is -4.26. The van der Waals surface area contributed by atoms with Crippen LogP contribution in [0.2, 0.25) is 0 Å². The van der Waals surface area contributed by atoms with Crippen LogP contribution in [-0.2, 0) is 14.3 Å². The third-order valence-electron chi connectivity index (χ3n) is 5.69. The Morgan fingerprint density at radius 1 is 1.00 bits per heavy atom. The van der Waals surface area contributed by atoms with Gasteiger partial charge in [0.05, 0.1) is 24.2 Å². The molecule has 7 heteroatoms. The second-order valence-corrected chi connectivity index (χ2v) is 9.59. The fraction of sp³-hybridized carbons (Fsp3) is 0.241. The number of hydrogen-bond donors (Lipinski definition) is 1. The fourth-order valence-electron chi connectivity index (χ4n) is 3.52. The van der Waals surface area contributed by atoms with Crippen molar-refractivity contribution >= 4 is 29.3 Å². The minimum Gasteiger partial charge on any atom is -0.463 e. The first-order valence-corrected chi connectivity index (χ1v) is 11.9. The van der Waals surface area contributed by atoms with E-state index in [-0.39, 0.29) is 11.9 Å². The molecular weight excluding hydrogens is 452 g/mol. The molecule has 0 unspecified atom stereocenters. The van der Waals surface area contributed by atoms with E-state index in [4.69, 9.17) is 14.8 Å². The minimum atomic E-state index is -0.485. The molecule has 184 valence electrons. The summed E-state index contributed by atoms with van der Waals surface area (Å²) in [7, 11) is 0. The lowest BCUT2D eigenvalue weighted by atomic mass is 9.95. The van der Waals surface area contributed by atoms with Crippen molar-refractivity contribution in [3.05, 3.63) is 78.0 Å². The number of fused-ring (bicyclic) bond motifs is 1. The van der Waals surface area contributed by atoms with Crippen LogP contribution in [0.5, 0.6) is 0 Å². The summed E-state index contributed by atoms with van der Waals surface area (Å²) in [5.41, 5.74) is 6.31. The van der Waals surface area contributed by atoms with Crippen LogP contribution in [0.15, 0.2) is 66.9 Å². The van der Waals surface area contributed by atoms with Gasteiger partial charge in [-0.05, 0) is 49.2 Å². The summed E-state index contributed by atoms with van der Waals surface area (Å²) in [5.74, 6) is -0.395. The monoisotopic (exact) mass is 482 g/mol. The van der Waals surface area contributed by atoms with Crippen molar-refractivity contribution in [2.75, 3.05) is 11.9 Å². The summed E-state index contributed by atoms with van der Waals surface area (Å²) in [5, 5.41) is 7.76. The zero-order chi connectivity index (χ0) is 25.9. The molecule has 0 fully saturated rings. The minimum absolute atomic E-state index is 0.0357. The van der Waals surface area contributed by atoms with Crippen LogP contribution in [0, 0.1) is 12.3 Å². The third kappa shape index (κ3) is 5.68. The lowest BCUT2D eigenvalue weighted by Crippen LogP contribution is -2.27. The number of nitrogens with one attached hydrogen (secondary N) is 1. The topological polar surface area (TPSA) is 85.6 Å². The molecule has 2 heterocycles. The number of nitrogens with zero attached hydrogens (tertiary/aromatic N) is 3. The number of aryl methyl sites for hydroxylation is 1. The normalized spacial score (nSPS) is 11.7. The molecule has 0 spiro atoms. The molecule has 0 bridgehead atoms. The van der Waals surface area contributed by atoms with E-state index in [2.05, 4.69) is 5.32 Å². The number of carbonyl (C=O) groups is 2. The van der Waals surface area contributed by atoms with Crippen molar-refractivity contribution in [2.45, 2.75) is 34.6 Å². The van der Waals surface area contributed by atoms with Crippen LogP contribution < -0.4 is 5.32 Å². The first-order valence-electron chi connectivity index (χ1n) is 11.9. The zero-order valence-electron chi connectivity index (χ0n) is 21.2. The molecule has 2 aromatic heterocycles. The lowest BCUT2D eigenvalue weighted by molar-refractivity contribution is -0.137. The van der Waals surface area contributed by atoms with Crippen molar-refractivity contribution in [1.29, 1.82) is 0 Å². The molecule has 1 N–H and O–H groups in total. The number of aromatic nitrogens is 3. The molecule has 0 saturated carbocycles. The predicted molar refractivity (Wildman–Crippen MR) is 142 cm³/mol. The van der Waals surface area contributed by atoms with Crippen LogP contribution in [0.25, 0.3) is 34.2 Å². The van der Waals surface area contributed by atoms with Crippen molar-refractivity contribution in [3.8, 4) is 22.5 Å². The maximum atomic E-state index is 12.5. The average molecular weight is 483 g/mol. The first kappa shape index (κ1) is 24.9. The van der Waals surface area contributed by atoms with E-state index in [1.807, 2.05) is 88.5 Å². The second-order valence-electron chi connectivity index (χ2n) is 9.59. The highest BCUT2D eigenvalue weighted by molar-refractivity contribution is 5.95.